The number of benzene rings is 1. The van der Waals surface area contributed by atoms with Gasteiger partial charge in [0.15, 0.2) is 0 Å². The number of hydrogen-bond acceptors (Lipinski definition) is 4. The largest absolute Gasteiger partial charge is 0.352 e. The number of rotatable bonds is 7. The highest BCUT2D eigenvalue weighted by Gasteiger charge is 2.28. The lowest BCUT2D eigenvalue weighted by atomic mass is 10.1. The molecule has 0 bridgehead atoms. The number of nitrogens with zero attached hydrogens (tertiary/aromatic N) is 2. The fraction of sp³-hybridized carbons (Fsp3) is 0.600. The number of nitrogens with one attached hydrogen (secondary N) is 1. The predicted molar refractivity (Wildman–Crippen MR) is 109 cm³/mol. The minimum atomic E-state index is -3.64. The summed E-state index contributed by atoms with van der Waals surface area (Å²) in [6, 6.07) is 4.72. The van der Waals surface area contributed by atoms with Crippen molar-refractivity contribution in [3.05, 3.63) is 29.3 Å². The second-order valence-corrected chi connectivity index (χ2v) is 9.39. The molecule has 1 saturated heterocycles. The Morgan fingerprint density at radius 3 is 2.39 bits per heavy atom. The zero-order valence-electron chi connectivity index (χ0n) is 17.2. The highest BCUT2D eigenvalue weighted by atomic mass is 32.2. The van der Waals surface area contributed by atoms with Gasteiger partial charge < -0.3 is 10.2 Å². The van der Waals surface area contributed by atoms with E-state index in [1.807, 2.05) is 13.8 Å². The lowest BCUT2D eigenvalue weighted by Crippen LogP contribution is -2.42. The Balaban J connectivity index is 2.27. The van der Waals surface area contributed by atoms with Crippen molar-refractivity contribution in [2.45, 2.75) is 57.9 Å². The summed E-state index contributed by atoms with van der Waals surface area (Å²) in [5, 5.41) is 2.77. The van der Waals surface area contributed by atoms with Crippen LogP contribution in [0, 0.1) is 6.92 Å². The van der Waals surface area contributed by atoms with Crippen LogP contribution in [-0.2, 0) is 14.8 Å². The van der Waals surface area contributed by atoms with Crippen molar-refractivity contribution in [2.75, 3.05) is 26.2 Å². The molecule has 2 rings (SSSR count). The quantitative estimate of drug-likeness (QED) is 0.748. The standard InChI is InChI=1S/C20H31N3O4S/c1-5-22(14-19(24)21-15(2)3)20(25)17-10-9-16(4)18(13-17)28(26,27)23-11-7-6-8-12-23/h9-10,13,15H,5-8,11-12,14H2,1-4H3,(H,21,24). The van der Waals surface area contributed by atoms with Gasteiger partial charge in [0, 0.05) is 31.2 Å². The molecule has 0 aliphatic carbocycles. The van der Waals surface area contributed by atoms with Crippen molar-refractivity contribution in [1.29, 1.82) is 0 Å². The van der Waals surface area contributed by atoms with Gasteiger partial charge in [-0.2, -0.15) is 4.31 Å². The summed E-state index contributed by atoms with van der Waals surface area (Å²) in [6.07, 6.45) is 2.74. The van der Waals surface area contributed by atoms with E-state index in [4.69, 9.17) is 0 Å². The third-order valence-electron chi connectivity index (χ3n) is 4.82. The van der Waals surface area contributed by atoms with Crippen LogP contribution < -0.4 is 5.32 Å². The van der Waals surface area contributed by atoms with Gasteiger partial charge in [0.25, 0.3) is 5.91 Å². The van der Waals surface area contributed by atoms with Crippen molar-refractivity contribution in [3.63, 3.8) is 0 Å². The van der Waals surface area contributed by atoms with Gasteiger partial charge in [-0.15, -0.1) is 0 Å². The van der Waals surface area contributed by atoms with Crippen LogP contribution in [0.5, 0.6) is 0 Å². The maximum Gasteiger partial charge on any atom is 0.254 e. The molecule has 1 aromatic rings. The van der Waals surface area contributed by atoms with Crippen molar-refractivity contribution in [1.82, 2.24) is 14.5 Å². The number of sulfonamides is 1. The van der Waals surface area contributed by atoms with Crippen molar-refractivity contribution >= 4 is 21.8 Å². The molecule has 0 radical (unpaired) electrons. The molecule has 1 aromatic carbocycles. The van der Waals surface area contributed by atoms with Gasteiger partial charge in [0.1, 0.15) is 0 Å². The molecule has 7 nitrogen and oxygen atoms in total. The van der Waals surface area contributed by atoms with Crippen molar-refractivity contribution in [2.24, 2.45) is 0 Å². The van der Waals surface area contributed by atoms with Crippen LogP contribution in [0.1, 0.15) is 56.0 Å². The lowest BCUT2D eigenvalue weighted by Gasteiger charge is -2.27. The molecule has 1 aliphatic heterocycles. The van der Waals surface area contributed by atoms with Crippen LogP contribution in [0.4, 0.5) is 0 Å². The Morgan fingerprint density at radius 1 is 1.18 bits per heavy atom. The smallest absolute Gasteiger partial charge is 0.254 e. The van der Waals surface area contributed by atoms with Gasteiger partial charge in [-0.3, -0.25) is 9.59 Å². The Labute approximate surface area is 168 Å². The fourth-order valence-electron chi connectivity index (χ4n) is 3.31. The van der Waals surface area contributed by atoms with E-state index in [9.17, 15) is 18.0 Å². The van der Waals surface area contributed by atoms with Gasteiger partial charge in [0.05, 0.1) is 11.4 Å². The number of likely N-dealkylation sites (N-methyl/N-ethyl adjacent to an activating group) is 1. The zero-order valence-corrected chi connectivity index (χ0v) is 18.0. The molecule has 1 aliphatic rings. The summed E-state index contributed by atoms with van der Waals surface area (Å²) >= 11 is 0. The van der Waals surface area contributed by atoms with Gasteiger partial charge in [0.2, 0.25) is 15.9 Å². The van der Waals surface area contributed by atoms with Gasteiger partial charge in [-0.05, 0) is 58.2 Å². The summed E-state index contributed by atoms with van der Waals surface area (Å²) in [6.45, 7) is 8.55. The number of carbonyl (C=O) groups excluding carboxylic acids is 2. The first kappa shape index (κ1) is 22.4. The van der Waals surface area contributed by atoms with E-state index in [1.165, 1.54) is 15.3 Å². The summed E-state index contributed by atoms with van der Waals surface area (Å²) in [4.78, 5) is 26.5. The molecule has 28 heavy (non-hydrogen) atoms. The molecule has 1 fully saturated rings. The SMILES string of the molecule is CCN(CC(=O)NC(C)C)C(=O)c1ccc(C)c(S(=O)(=O)N2CCCCC2)c1. The summed E-state index contributed by atoms with van der Waals surface area (Å²) < 4.78 is 27.6. The average molecular weight is 410 g/mol. The third kappa shape index (κ3) is 5.32. The van der Waals surface area contributed by atoms with Crippen LogP contribution in [0.15, 0.2) is 23.1 Å². The van der Waals surface area contributed by atoms with E-state index in [0.717, 1.165) is 19.3 Å². The zero-order chi connectivity index (χ0) is 20.9. The van der Waals surface area contributed by atoms with Crippen molar-refractivity contribution in [3.8, 4) is 0 Å². The second-order valence-electron chi connectivity index (χ2n) is 7.49. The van der Waals surface area contributed by atoms with Gasteiger partial charge >= 0.3 is 0 Å². The minimum absolute atomic E-state index is 0.0121. The van der Waals surface area contributed by atoms with Crippen LogP contribution in [-0.4, -0.2) is 61.7 Å². The molecular formula is C20H31N3O4S. The molecule has 156 valence electrons. The van der Waals surface area contributed by atoms with E-state index in [-0.39, 0.29) is 34.9 Å². The van der Waals surface area contributed by atoms with Crippen LogP contribution >= 0.6 is 0 Å². The molecule has 1 N–H and O–H groups in total. The highest BCUT2D eigenvalue weighted by molar-refractivity contribution is 7.89. The fourth-order valence-corrected chi connectivity index (χ4v) is 5.07. The Morgan fingerprint density at radius 2 is 1.82 bits per heavy atom. The summed E-state index contributed by atoms with van der Waals surface area (Å²) in [5.74, 6) is -0.588. The highest BCUT2D eigenvalue weighted by Crippen LogP contribution is 2.25. The third-order valence-corrected chi connectivity index (χ3v) is 6.86. The van der Waals surface area contributed by atoms with Gasteiger partial charge in [-0.1, -0.05) is 12.5 Å². The minimum Gasteiger partial charge on any atom is -0.352 e. The lowest BCUT2D eigenvalue weighted by molar-refractivity contribution is -0.122. The average Bonchev–Trinajstić information content (AvgIpc) is 2.66. The van der Waals surface area contributed by atoms with E-state index in [1.54, 1.807) is 26.0 Å². The Hall–Kier alpha value is -1.93. The molecule has 0 spiro atoms. The second kappa shape index (κ2) is 9.52. The number of carbonyl (C=O) groups is 2. The Kier molecular flexibility index (Phi) is 7.60. The van der Waals surface area contributed by atoms with Crippen LogP contribution in [0.3, 0.4) is 0 Å². The first-order valence-corrected chi connectivity index (χ1v) is 11.3. The summed E-state index contributed by atoms with van der Waals surface area (Å²) in [7, 11) is -3.64. The van der Waals surface area contributed by atoms with E-state index in [0.29, 0.717) is 25.2 Å². The molecule has 0 saturated carbocycles. The molecule has 0 aromatic heterocycles. The Bertz CT molecular complexity index is 815. The van der Waals surface area contributed by atoms with Crippen LogP contribution in [0.2, 0.25) is 0 Å². The van der Waals surface area contributed by atoms with Gasteiger partial charge in [-0.25, -0.2) is 8.42 Å². The molecule has 8 heteroatoms. The van der Waals surface area contributed by atoms with E-state index < -0.39 is 10.0 Å². The first-order chi connectivity index (χ1) is 13.2. The maximum atomic E-state index is 13.1. The number of hydrogen-bond donors (Lipinski definition) is 1. The monoisotopic (exact) mass is 409 g/mol. The van der Waals surface area contributed by atoms with Crippen molar-refractivity contribution < 1.29 is 18.0 Å². The molecule has 1 heterocycles. The molecular weight excluding hydrogens is 378 g/mol. The molecule has 0 atom stereocenters. The first-order valence-electron chi connectivity index (χ1n) is 9.86. The predicted octanol–water partition coefficient (Wildman–Crippen LogP) is 2.16. The molecule has 0 unspecified atom stereocenters. The van der Waals surface area contributed by atoms with Crippen LogP contribution in [0.25, 0.3) is 0 Å². The maximum absolute atomic E-state index is 13.1. The molecule has 2 amide bonds. The summed E-state index contributed by atoms with van der Waals surface area (Å²) in [5.41, 5.74) is 0.892. The normalized spacial score (nSPS) is 15.5. The number of piperidine rings is 1. The number of amides is 2. The van der Waals surface area contributed by atoms with E-state index >= 15 is 0 Å². The topological polar surface area (TPSA) is 86.8 Å². The van der Waals surface area contributed by atoms with E-state index in [2.05, 4.69) is 5.32 Å². The number of aryl methyl sites for hydroxylation is 1.